The highest BCUT2D eigenvalue weighted by molar-refractivity contribution is 5.98. The highest BCUT2D eigenvalue weighted by atomic mass is 16.2. The van der Waals surface area contributed by atoms with E-state index in [0.717, 1.165) is 66.0 Å². The highest BCUT2D eigenvalue weighted by Crippen LogP contribution is 2.42. The Hall–Kier alpha value is -3.21. The molecule has 1 spiro atoms. The van der Waals surface area contributed by atoms with Gasteiger partial charge < -0.3 is 5.32 Å². The van der Waals surface area contributed by atoms with Gasteiger partial charge in [-0.3, -0.25) is 14.5 Å². The fraction of sp³-hybridized carbons (Fsp3) is 0.261. The minimum atomic E-state index is -0.0383. The summed E-state index contributed by atoms with van der Waals surface area (Å²) in [5, 5.41) is 8.09. The molecule has 0 saturated heterocycles. The molecule has 3 heterocycles. The standard InChI is InChI=1S/C23H20N4O/c28-22-21-18-9-7-16-13-24-17(8-6-15-4-2-1-3-5-15)12-19(16)20(18)26-27(21)14-23(25-22)10-11-23/h1-6,8,12-13H,7,9-11,14H2,(H,25,28)/b8-6+. The molecule has 1 aromatic carbocycles. The van der Waals surface area contributed by atoms with Gasteiger partial charge in [0.25, 0.3) is 5.91 Å². The minimum Gasteiger partial charge on any atom is -0.343 e. The van der Waals surface area contributed by atoms with E-state index < -0.39 is 0 Å². The molecule has 28 heavy (non-hydrogen) atoms. The summed E-state index contributed by atoms with van der Waals surface area (Å²) >= 11 is 0. The average Bonchev–Trinajstić information content (AvgIpc) is 3.33. The Bertz CT molecular complexity index is 1140. The smallest absolute Gasteiger partial charge is 0.270 e. The van der Waals surface area contributed by atoms with Crippen molar-refractivity contribution < 1.29 is 4.79 Å². The van der Waals surface area contributed by atoms with Gasteiger partial charge in [0.15, 0.2) is 0 Å². The third-order valence-electron chi connectivity index (χ3n) is 6.10. The summed E-state index contributed by atoms with van der Waals surface area (Å²) in [6.45, 7) is 0.794. The fourth-order valence-corrected chi connectivity index (χ4v) is 4.40. The molecule has 0 radical (unpaired) electrons. The van der Waals surface area contributed by atoms with Crippen LogP contribution in [0.15, 0.2) is 42.6 Å². The van der Waals surface area contributed by atoms with Crippen LogP contribution in [-0.2, 0) is 19.4 Å². The molecule has 6 rings (SSSR count). The van der Waals surface area contributed by atoms with Crippen molar-refractivity contribution in [1.82, 2.24) is 20.1 Å². The average molecular weight is 368 g/mol. The van der Waals surface area contributed by atoms with Crippen LogP contribution in [0.5, 0.6) is 0 Å². The van der Waals surface area contributed by atoms with Gasteiger partial charge in [-0.25, -0.2) is 0 Å². The molecule has 3 aliphatic rings. The van der Waals surface area contributed by atoms with Gasteiger partial charge in [-0.2, -0.15) is 5.10 Å². The Morgan fingerprint density at radius 1 is 1.11 bits per heavy atom. The molecule has 1 saturated carbocycles. The highest BCUT2D eigenvalue weighted by Gasteiger charge is 2.49. The van der Waals surface area contributed by atoms with Crippen LogP contribution in [0, 0.1) is 0 Å². The Balaban J connectivity index is 1.41. The predicted molar refractivity (Wildman–Crippen MR) is 108 cm³/mol. The van der Waals surface area contributed by atoms with E-state index in [0.29, 0.717) is 0 Å². The van der Waals surface area contributed by atoms with Gasteiger partial charge in [-0.1, -0.05) is 36.4 Å². The largest absolute Gasteiger partial charge is 0.343 e. The number of benzene rings is 1. The number of hydrogen-bond acceptors (Lipinski definition) is 3. The van der Waals surface area contributed by atoms with E-state index in [2.05, 4.69) is 34.6 Å². The number of aryl methyl sites for hydroxylation is 1. The fourth-order valence-electron chi connectivity index (χ4n) is 4.40. The molecular weight excluding hydrogens is 348 g/mol. The Morgan fingerprint density at radius 3 is 2.79 bits per heavy atom. The van der Waals surface area contributed by atoms with Crippen LogP contribution in [0.2, 0.25) is 0 Å². The summed E-state index contributed by atoms with van der Waals surface area (Å²) in [6, 6.07) is 12.3. The predicted octanol–water partition coefficient (Wildman–Crippen LogP) is 3.49. The molecule has 0 bridgehead atoms. The van der Waals surface area contributed by atoms with Crippen molar-refractivity contribution in [3.63, 3.8) is 0 Å². The van der Waals surface area contributed by atoms with Crippen molar-refractivity contribution in [2.75, 3.05) is 0 Å². The van der Waals surface area contributed by atoms with Gasteiger partial charge in [0.05, 0.1) is 23.5 Å². The second-order valence-corrected chi connectivity index (χ2v) is 8.08. The van der Waals surface area contributed by atoms with Crippen LogP contribution < -0.4 is 5.32 Å². The molecule has 1 amide bonds. The first-order valence-corrected chi connectivity index (χ1v) is 9.85. The maximum absolute atomic E-state index is 12.7. The van der Waals surface area contributed by atoms with Gasteiger partial charge in [-0.05, 0) is 49.0 Å². The number of nitrogens with zero attached hydrogens (tertiary/aromatic N) is 3. The van der Waals surface area contributed by atoms with Crippen LogP contribution in [0.25, 0.3) is 23.4 Å². The van der Waals surface area contributed by atoms with Crippen LogP contribution in [0.3, 0.4) is 0 Å². The van der Waals surface area contributed by atoms with E-state index in [1.807, 2.05) is 35.2 Å². The molecule has 3 aromatic rings. The molecule has 2 aliphatic carbocycles. The molecule has 2 aromatic heterocycles. The van der Waals surface area contributed by atoms with E-state index in [1.165, 1.54) is 5.56 Å². The lowest BCUT2D eigenvalue weighted by Gasteiger charge is -2.24. The van der Waals surface area contributed by atoms with Crippen LogP contribution in [0.1, 0.15) is 45.7 Å². The SMILES string of the molecule is O=C1NC2(CC2)Cn2nc3c(c21)CCc1cnc(/C=C/c2ccccc2)cc1-3. The van der Waals surface area contributed by atoms with Gasteiger partial charge in [0.2, 0.25) is 0 Å². The van der Waals surface area contributed by atoms with Gasteiger partial charge in [0.1, 0.15) is 5.69 Å². The van der Waals surface area contributed by atoms with Crippen molar-refractivity contribution in [3.8, 4) is 11.3 Å². The van der Waals surface area contributed by atoms with Gasteiger partial charge in [-0.15, -0.1) is 0 Å². The van der Waals surface area contributed by atoms with E-state index in [1.54, 1.807) is 0 Å². The molecular formula is C23H20N4O. The summed E-state index contributed by atoms with van der Waals surface area (Å²) in [6.07, 6.45) is 9.92. The van der Waals surface area contributed by atoms with Crippen molar-refractivity contribution in [1.29, 1.82) is 0 Å². The van der Waals surface area contributed by atoms with E-state index >= 15 is 0 Å². The number of hydrogen-bond donors (Lipinski definition) is 1. The summed E-state index contributed by atoms with van der Waals surface area (Å²) in [4.78, 5) is 17.3. The van der Waals surface area contributed by atoms with Crippen molar-refractivity contribution >= 4 is 18.1 Å². The summed E-state index contributed by atoms with van der Waals surface area (Å²) < 4.78 is 1.95. The maximum atomic E-state index is 12.7. The Labute approximate surface area is 163 Å². The number of amides is 1. The molecule has 138 valence electrons. The Kier molecular flexibility index (Phi) is 3.19. The number of rotatable bonds is 2. The lowest BCUT2D eigenvalue weighted by molar-refractivity contribution is 0.0885. The Morgan fingerprint density at radius 2 is 1.96 bits per heavy atom. The number of pyridine rings is 1. The zero-order valence-electron chi connectivity index (χ0n) is 15.5. The second kappa shape index (κ2) is 5.64. The molecule has 1 N–H and O–H groups in total. The molecule has 5 nitrogen and oxygen atoms in total. The van der Waals surface area contributed by atoms with E-state index in [4.69, 9.17) is 5.10 Å². The first-order chi connectivity index (χ1) is 13.7. The number of nitrogens with one attached hydrogen (secondary N) is 1. The summed E-state index contributed by atoms with van der Waals surface area (Å²) in [7, 11) is 0. The quantitative estimate of drug-likeness (QED) is 0.753. The number of carbonyl (C=O) groups is 1. The van der Waals surface area contributed by atoms with E-state index in [9.17, 15) is 4.79 Å². The molecule has 0 atom stereocenters. The molecule has 5 heteroatoms. The number of fused-ring (bicyclic) bond motifs is 5. The van der Waals surface area contributed by atoms with Crippen molar-refractivity contribution in [2.45, 2.75) is 37.8 Å². The minimum absolute atomic E-state index is 0.0383. The molecule has 0 unspecified atom stereocenters. The lowest BCUT2D eigenvalue weighted by Crippen LogP contribution is -2.46. The molecule has 1 aliphatic heterocycles. The van der Waals surface area contributed by atoms with Crippen molar-refractivity contribution in [3.05, 3.63) is 70.7 Å². The van der Waals surface area contributed by atoms with Crippen molar-refractivity contribution in [2.24, 2.45) is 0 Å². The lowest BCUT2D eigenvalue weighted by atomic mass is 9.89. The van der Waals surface area contributed by atoms with Crippen LogP contribution >= 0.6 is 0 Å². The second-order valence-electron chi connectivity index (χ2n) is 8.08. The monoisotopic (exact) mass is 368 g/mol. The van der Waals surface area contributed by atoms with Gasteiger partial charge in [0, 0.05) is 17.3 Å². The maximum Gasteiger partial charge on any atom is 0.270 e. The normalized spacial score (nSPS) is 18.5. The van der Waals surface area contributed by atoms with E-state index in [-0.39, 0.29) is 11.4 Å². The zero-order valence-corrected chi connectivity index (χ0v) is 15.5. The first-order valence-electron chi connectivity index (χ1n) is 9.85. The summed E-state index contributed by atoms with van der Waals surface area (Å²) in [5.41, 5.74) is 7.14. The zero-order chi connectivity index (χ0) is 18.7. The third kappa shape index (κ3) is 2.43. The first kappa shape index (κ1) is 15.8. The van der Waals surface area contributed by atoms with Gasteiger partial charge >= 0.3 is 0 Å². The number of carbonyl (C=O) groups excluding carboxylic acids is 1. The van der Waals surface area contributed by atoms with Crippen LogP contribution in [0.4, 0.5) is 0 Å². The van der Waals surface area contributed by atoms with Crippen LogP contribution in [-0.4, -0.2) is 26.2 Å². The summed E-state index contributed by atoms with van der Waals surface area (Å²) in [5.74, 6) is 0.0409. The topological polar surface area (TPSA) is 59.8 Å². The third-order valence-corrected chi connectivity index (χ3v) is 6.10. The molecule has 1 fully saturated rings. The number of aromatic nitrogens is 3.